The van der Waals surface area contributed by atoms with E-state index in [-0.39, 0.29) is 11.1 Å². The standard InChI is InChI=1S/C24H34O6S2/c1-2-3-4-5-6-7-8-9-10-12-17-21-18-19-22(20-15-13-11-14-16-20)24(32(28,29)30)23(21)31(25,26)27/h11,13-16,18-19H,2-10,12,17H2,1H3,(H,25,26,27)(H,28,29,30). The lowest BCUT2D eigenvalue weighted by atomic mass is 10.00. The zero-order chi connectivity index (χ0) is 23.6. The maximum absolute atomic E-state index is 12.2. The lowest BCUT2D eigenvalue weighted by Crippen LogP contribution is -2.13. The van der Waals surface area contributed by atoms with E-state index >= 15 is 0 Å². The second-order valence-electron chi connectivity index (χ2n) is 8.18. The molecule has 0 aliphatic carbocycles. The van der Waals surface area contributed by atoms with Crippen LogP contribution in [0.4, 0.5) is 0 Å². The van der Waals surface area contributed by atoms with E-state index in [1.807, 2.05) is 0 Å². The monoisotopic (exact) mass is 482 g/mol. The van der Waals surface area contributed by atoms with E-state index in [0.717, 1.165) is 19.3 Å². The summed E-state index contributed by atoms with van der Waals surface area (Å²) >= 11 is 0. The minimum Gasteiger partial charge on any atom is -0.282 e. The Labute approximate surface area is 192 Å². The Hall–Kier alpha value is -1.74. The average molecular weight is 483 g/mol. The second kappa shape index (κ2) is 12.5. The Bertz CT molecular complexity index is 1060. The van der Waals surface area contributed by atoms with E-state index in [0.29, 0.717) is 18.4 Å². The van der Waals surface area contributed by atoms with Crippen molar-refractivity contribution < 1.29 is 25.9 Å². The number of hydrogen-bond acceptors (Lipinski definition) is 4. The molecule has 0 amide bonds. The number of aryl methyl sites for hydroxylation is 1. The number of benzene rings is 2. The Morgan fingerprint density at radius 3 is 1.62 bits per heavy atom. The molecule has 0 fully saturated rings. The van der Waals surface area contributed by atoms with E-state index in [9.17, 15) is 25.9 Å². The molecule has 0 spiro atoms. The normalized spacial score (nSPS) is 12.2. The van der Waals surface area contributed by atoms with Gasteiger partial charge in [-0.1, -0.05) is 107 Å². The fraction of sp³-hybridized carbons (Fsp3) is 0.500. The van der Waals surface area contributed by atoms with Gasteiger partial charge in [0.1, 0.15) is 9.79 Å². The first kappa shape index (κ1) is 26.5. The van der Waals surface area contributed by atoms with Gasteiger partial charge in [0.05, 0.1) is 0 Å². The van der Waals surface area contributed by atoms with Crippen LogP contribution in [-0.2, 0) is 26.7 Å². The van der Waals surface area contributed by atoms with Crippen LogP contribution in [0, 0.1) is 0 Å². The van der Waals surface area contributed by atoms with Crippen LogP contribution in [-0.4, -0.2) is 25.9 Å². The van der Waals surface area contributed by atoms with Gasteiger partial charge < -0.3 is 0 Å². The van der Waals surface area contributed by atoms with Crippen molar-refractivity contribution in [3.05, 3.63) is 48.0 Å². The summed E-state index contributed by atoms with van der Waals surface area (Å²) in [5.74, 6) is 0. The van der Waals surface area contributed by atoms with Crippen molar-refractivity contribution >= 4 is 20.2 Å². The minimum absolute atomic E-state index is 0.0348. The van der Waals surface area contributed by atoms with Gasteiger partial charge in [-0.05, 0) is 24.0 Å². The molecule has 0 radical (unpaired) electrons. The van der Waals surface area contributed by atoms with Gasteiger partial charge in [-0.15, -0.1) is 0 Å². The molecule has 0 saturated heterocycles. The molecule has 2 aromatic rings. The molecule has 32 heavy (non-hydrogen) atoms. The first-order chi connectivity index (χ1) is 15.2. The number of hydrogen-bond donors (Lipinski definition) is 2. The molecule has 0 aliphatic heterocycles. The summed E-state index contributed by atoms with van der Waals surface area (Å²) in [6.45, 7) is 2.20. The Morgan fingerprint density at radius 2 is 1.12 bits per heavy atom. The Balaban J connectivity index is 2.15. The van der Waals surface area contributed by atoms with Crippen molar-refractivity contribution in [3.8, 4) is 11.1 Å². The SMILES string of the molecule is CCCCCCCCCCCCc1ccc(-c2ccccc2)c(S(=O)(=O)O)c1S(=O)(=O)O. The topological polar surface area (TPSA) is 109 Å². The summed E-state index contributed by atoms with van der Waals surface area (Å²) in [7, 11) is -9.79. The molecule has 0 heterocycles. The van der Waals surface area contributed by atoms with Crippen LogP contribution < -0.4 is 0 Å². The molecular weight excluding hydrogens is 448 g/mol. The van der Waals surface area contributed by atoms with Gasteiger partial charge in [0.25, 0.3) is 20.2 Å². The summed E-state index contributed by atoms with van der Waals surface area (Å²) in [4.78, 5) is -1.49. The summed E-state index contributed by atoms with van der Waals surface area (Å²) < 4.78 is 68.4. The minimum atomic E-state index is -4.91. The lowest BCUT2D eigenvalue weighted by molar-refractivity contribution is 0.465. The van der Waals surface area contributed by atoms with Crippen LogP contribution in [0.25, 0.3) is 11.1 Å². The average Bonchev–Trinajstić information content (AvgIpc) is 2.74. The van der Waals surface area contributed by atoms with Crippen LogP contribution in [0.1, 0.15) is 76.7 Å². The molecule has 0 bridgehead atoms. The summed E-state index contributed by atoms with van der Waals surface area (Å²) in [5.41, 5.74) is 0.655. The largest absolute Gasteiger partial charge is 0.296 e. The molecule has 0 aliphatic rings. The first-order valence-electron chi connectivity index (χ1n) is 11.3. The van der Waals surface area contributed by atoms with Gasteiger partial charge in [-0.25, -0.2) is 0 Å². The predicted molar refractivity (Wildman–Crippen MR) is 127 cm³/mol. The zero-order valence-electron chi connectivity index (χ0n) is 18.7. The third-order valence-electron chi connectivity index (χ3n) is 5.59. The van der Waals surface area contributed by atoms with Gasteiger partial charge in [-0.3, -0.25) is 9.11 Å². The van der Waals surface area contributed by atoms with Crippen LogP contribution in [0.2, 0.25) is 0 Å². The van der Waals surface area contributed by atoms with Gasteiger partial charge in [0.2, 0.25) is 0 Å². The maximum Gasteiger partial charge on any atom is 0.296 e. The van der Waals surface area contributed by atoms with Crippen molar-refractivity contribution in [1.82, 2.24) is 0 Å². The molecule has 0 aromatic heterocycles. The van der Waals surface area contributed by atoms with E-state index < -0.39 is 30.0 Å². The van der Waals surface area contributed by atoms with Gasteiger partial charge in [-0.2, -0.15) is 16.8 Å². The Morgan fingerprint density at radius 1 is 0.625 bits per heavy atom. The fourth-order valence-corrected chi connectivity index (χ4v) is 6.29. The van der Waals surface area contributed by atoms with Crippen molar-refractivity contribution in [2.24, 2.45) is 0 Å². The maximum atomic E-state index is 12.2. The van der Waals surface area contributed by atoms with Gasteiger partial charge in [0.15, 0.2) is 0 Å². The van der Waals surface area contributed by atoms with E-state index in [2.05, 4.69) is 6.92 Å². The van der Waals surface area contributed by atoms with Crippen molar-refractivity contribution in [3.63, 3.8) is 0 Å². The van der Waals surface area contributed by atoms with Crippen LogP contribution in [0.5, 0.6) is 0 Å². The predicted octanol–water partition coefficient (Wildman–Crippen LogP) is 6.31. The van der Waals surface area contributed by atoms with Crippen molar-refractivity contribution in [2.45, 2.75) is 87.3 Å². The van der Waals surface area contributed by atoms with Crippen LogP contribution >= 0.6 is 0 Å². The summed E-state index contributed by atoms with van der Waals surface area (Å²) in [6.07, 6.45) is 11.4. The molecule has 2 N–H and O–H groups in total. The Kier molecular flexibility index (Phi) is 10.3. The quantitative estimate of drug-likeness (QED) is 0.241. The van der Waals surface area contributed by atoms with E-state index in [4.69, 9.17) is 0 Å². The molecule has 178 valence electrons. The van der Waals surface area contributed by atoms with Crippen LogP contribution in [0.15, 0.2) is 52.3 Å². The smallest absolute Gasteiger partial charge is 0.282 e. The second-order valence-corrected chi connectivity index (χ2v) is 10.9. The molecular formula is C24H34O6S2. The highest BCUT2D eigenvalue weighted by atomic mass is 32.2. The molecule has 8 heteroatoms. The van der Waals surface area contributed by atoms with E-state index in [1.165, 1.54) is 50.7 Å². The molecule has 6 nitrogen and oxygen atoms in total. The highest BCUT2D eigenvalue weighted by molar-refractivity contribution is 7.89. The third-order valence-corrected chi connectivity index (χ3v) is 7.65. The molecule has 0 unspecified atom stereocenters. The van der Waals surface area contributed by atoms with Gasteiger partial charge >= 0.3 is 0 Å². The molecule has 0 atom stereocenters. The summed E-state index contributed by atoms with van der Waals surface area (Å²) in [5, 5.41) is 0. The molecule has 2 rings (SSSR count). The van der Waals surface area contributed by atoms with Crippen LogP contribution in [0.3, 0.4) is 0 Å². The lowest BCUT2D eigenvalue weighted by Gasteiger charge is -2.15. The highest BCUT2D eigenvalue weighted by Crippen LogP contribution is 2.35. The molecule has 2 aromatic carbocycles. The highest BCUT2D eigenvalue weighted by Gasteiger charge is 2.30. The van der Waals surface area contributed by atoms with Crippen molar-refractivity contribution in [2.75, 3.05) is 0 Å². The number of rotatable bonds is 14. The van der Waals surface area contributed by atoms with E-state index in [1.54, 1.807) is 30.3 Å². The zero-order valence-corrected chi connectivity index (χ0v) is 20.3. The van der Waals surface area contributed by atoms with Crippen molar-refractivity contribution in [1.29, 1.82) is 0 Å². The number of unbranched alkanes of at least 4 members (excludes halogenated alkanes) is 9. The summed E-state index contributed by atoms with van der Waals surface area (Å²) in [6, 6.07) is 11.3. The van der Waals surface area contributed by atoms with Gasteiger partial charge in [0, 0.05) is 5.56 Å². The first-order valence-corrected chi connectivity index (χ1v) is 14.2. The third kappa shape index (κ3) is 7.99. The fourth-order valence-electron chi connectivity index (χ4n) is 3.99. The molecule has 0 saturated carbocycles.